The third-order valence-corrected chi connectivity index (χ3v) is 6.64. The van der Waals surface area contributed by atoms with Crippen molar-refractivity contribution in [3.8, 4) is 0 Å². The molecule has 4 heteroatoms. The van der Waals surface area contributed by atoms with Crippen molar-refractivity contribution >= 4 is 11.7 Å². The quantitative estimate of drug-likeness (QED) is 0.762. The lowest BCUT2D eigenvalue weighted by Crippen LogP contribution is -2.51. The molecular weight excluding hydrogens is 312 g/mol. The van der Waals surface area contributed by atoms with Gasteiger partial charge in [-0.3, -0.25) is 9.59 Å². The maximum absolute atomic E-state index is 12.8. The largest absolute Gasteiger partial charge is 0.342 e. The molecule has 0 aromatic rings. The minimum atomic E-state index is 0.175. The molecule has 4 nitrogen and oxygen atoms in total. The molecular formula is C21H38N2O2. The van der Waals surface area contributed by atoms with Gasteiger partial charge >= 0.3 is 0 Å². The monoisotopic (exact) mass is 350 g/mol. The Labute approximate surface area is 154 Å². The van der Waals surface area contributed by atoms with E-state index in [-0.39, 0.29) is 11.8 Å². The average molecular weight is 351 g/mol. The van der Waals surface area contributed by atoms with E-state index in [1.165, 1.54) is 38.8 Å². The molecule has 0 unspecified atom stereocenters. The van der Waals surface area contributed by atoms with Crippen molar-refractivity contribution < 1.29 is 9.59 Å². The number of piperidine rings is 2. The lowest BCUT2D eigenvalue weighted by Gasteiger charge is -2.47. The average Bonchev–Trinajstić information content (AvgIpc) is 2.63. The molecule has 25 heavy (non-hydrogen) atoms. The van der Waals surface area contributed by atoms with Crippen LogP contribution in [-0.4, -0.2) is 54.7 Å². The molecule has 0 N–H and O–H groups in total. The fraction of sp³-hybridized carbons (Fsp3) is 0.905. The first-order valence-corrected chi connectivity index (χ1v) is 10.5. The summed E-state index contributed by atoms with van der Waals surface area (Å²) in [6.45, 7) is 10.0. The zero-order chi connectivity index (χ0) is 18.4. The first-order chi connectivity index (χ1) is 12.0. The van der Waals surface area contributed by atoms with Gasteiger partial charge in [0, 0.05) is 31.5 Å². The van der Waals surface area contributed by atoms with Gasteiger partial charge in [-0.05, 0) is 77.3 Å². The van der Waals surface area contributed by atoms with Gasteiger partial charge in [0.1, 0.15) is 5.78 Å². The molecule has 1 amide bonds. The van der Waals surface area contributed by atoms with Crippen LogP contribution in [-0.2, 0) is 9.59 Å². The molecule has 3 rings (SSSR count). The number of ketones is 1. The van der Waals surface area contributed by atoms with Crippen LogP contribution in [0.15, 0.2) is 0 Å². The molecule has 3 aliphatic rings. The molecule has 1 spiro atoms. The van der Waals surface area contributed by atoms with Crippen LogP contribution in [0.3, 0.4) is 0 Å². The van der Waals surface area contributed by atoms with E-state index in [1.807, 2.05) is 13.8 Å². The van der Waals surface area contributed by atoms with E-state index in [0.717, 1.165) is 38.8 Å². The Hall–Kier alpha value is -0.900. The van der Waals surface area contributed by atoms with Crippen LogP contribution >= 0.6 is 0 Å². The molecule has 1 aliphatic carbocycles. The fourth-order valence-electron chi connectivity index (χ4n) is 5.07. The Balaban J connectivity index is 0.00000109. The third-order valence-electron chi connectivity index (χ3n) is 6.64. The zero-order valence-corrected chi connectivity index (χ0v) is 16.9. The first kappa shape index (κ1) is 20.4. The van der Waals surface area contributed by atoms with Crippen LogP contribution in [0.5, 0.6) is 0 Å². The normalized spacial score (nSPS) is 29.7. The molecule has 144 valence electrons. The second-order valence-corrected chi connectivity index (χ2v) is 8.33. The van der Waals surface area contributed by atoms with Crippen molar-refractivity contribution in [1.29, 1.82) is 0 Å². The van der Waals surface area contributed by atoms with Crippen LogP contribution in [0.1, 0.15) is 72.1 Å². The topological polar surface area (TPSA) is 40.6 Å². The highest BCUT2D eigenvalue weighted by atomic mass is 16.2. The Morgan fingerprint density at radius 2 is 1.44 bits per heavy atom. The van der Waals surface area contributed by atoms with Crippen LogP contribution in [0, 0.1) is 17.3 Å². The van der Waals surface area contributed by atoms with Gasteiger partial charge in [-0.25, -0.2) is 0 Å². The van der Waals surface area contributed by atoms with E-state index in [2.05, 4.69) is 16.8 Å². The number of carbonyl (C=O) groups excluding carboxylic acids is 2. The predicted molar refractivity (Wildman–Crippen MR) is 102 cm³/mol. The number of hydrogen-bond donors (Lipinski definition) is 0. The molecule has 2 aliphatic heterocycles. The number of rotatable bonds is 2. The summed E-state index contributed by atoms with van der Waals surface area (Å²) in [5.74, 6) is 1.05. The number of likely N-dealkylation sites (tertiary alicyclic amines) is 2. The minimum absolute atomic E-state index is 0.175. The van der Waals surface area contributed by atoms with Crippen molar-refractivity contribution in [3.05, 3.63) is 0 Å². The van der Waals surface area contributed by atoms with E-state index in [1.54, 1.807) is 6.92 Å². The van der Waals surface area contributed by atoms with Gasteiger partial charge in [0.05, 0.1) is 0 Å². The van der Waals surface area contributed by atoms with Gasteiger partial charge in [0.25, 0.3) is 0 Å². The Bertz CT molecular complexity index is 447. The molecule has 1 saturated carbocycles. The molecule has 2 heterocycles. The van der Waals surface area contributed by atoms with Gasteiger partial charge in [0.2, 0.25) is 5.91 Å². The second kappa shape index (κ2) is 9.16. The van der Waals surface area contributed by atoms with Crippen molar-refractivity contribution in [2.45, 2.75) is 72.1 Å². The van der Waals surface area contributed by atoms with Crippen molar-refractivity contribution in [2.75, 3.05) is 33.2 Å². The highest BCUT2D eigenvalue weighted by Crippen LogP contribution is 2.40. The third kappa shape index (κ3) is 5.06. The summed E-state index contributed by atoms with van der Waals surface area (Å²) < 4.78 is 0. The first-order valence-electron chi connectivity index (χ1n) is 10.5. The van der Waals surface area contributed by atoms with E-state index >= 15 is 0 Å². The zero-order valence-electron chi connectivity index (χ0n) is 16.9. The highest BCUT2D eigenvalue weighted by molar-refractivity contribution is 5.81. The summed E-state index contributed by atoms with van der Waals surface area (Å²) in [5.41, 5.74) is 0.468. The standard InChI is InChI=1S/C19H32N2O2.C2H6/c1-15(22)16-4-6-17(7-5-16)18(23)21-12-9-19(10-13-21)8-3-11-20(2)14-19;1-2/h16-17H,3-14H2,1-2H3;1-2H3. The van der Waals surface area contributed by atoms with E-state index in [0.29, 0.717) is 17.1 Å². The smallest absolute Gasteiger partial charge is 0.225 e. The number of Topliss-reactive ketones (excluding diaryl/α,β-unsaturated/α-hetero) is 1. The number of nitrogens with zero attached hydrogens (tertiary/aromatic N) is 2. The van der Waals surface area contributed by atoms with Crippen LogP contribution in [0.4, 0.5) is 0 Å². The van der Waals surface area contributed by atoms with Crippen molar-refractivity contribution in [1.82, 2.24) is 9.80 Å². The maximum Gasteiger partial charge on any atom is 0.225 e. The summed E-state index contributed by atoms with van der Waals surface area (Å²) in [7, 11) is 2.23. The molecule has 0 bridgehead atoms. The summed E-state index contributed by atoms with van der Waals surface area (Å²) in [6, 6.07) is 0. The van der Waals surface area contributed by atoms with Gasteiger partial charge in [-0.2, -0.15) is 0 Å². The lowest BCUT2D eigenvalue weighted by molar-refractivity contribution is -0.140. The van der Waals surface area contributed by atoms with Crippen LogP contribution in [0.2, 0.25) is 0 Å². The Kier molecular flexibility index (Phi) is 7.48. The number of carbonyl (C=O) groups is 2. The molecule has 0 radical (unpaired) electrons. The van der Waals surface area contributed by atoms with Gasteiger partial charge in [0.15, 0.2) is 0 Å². The maximum atomic E-state index is 12.8. The van der Waals surface area contributed by atoms with Crippen LogP contribution in [0.25, 0.3) is 0 Å². The Morgan fingerprint density at radius 1 is 0.880 bits per heavy atom. The summed E-state index contributed by atoms with van der Waals surface area (Å²) in [5, 5.41) is 0. The van der Waals surface area contributed by atoms with Crippen LogP contribution < -0.4 is 0 Å². The summed E-state index contributed by atoms with van der Waals surface area (Å²) in [4.78, 5) is 28.9. The molecule has 0 atom stereocenters. The SMILES string of the molecule is CC.CC(=O)C1CCC(C(=O)N2CCC3(CCCN(C)C3)CC2)CC1. The number of amides is 1. The lowest BCUT2D eigenvalue weighted by atomic mass is 9.72. The van der Waals surface area contributed by atoms with Gasteiger partial charge < -0.3 is 9.80 Å². The summed E-state index contributed by atoms with van der Waals surface area (Å²) in [6.07, 6.45) is 8.63. The van der Waals surface area contributed by atoms with E-state index < -0.39 is 0 Å². The van der Waals surface area contributed by atoms with Gasteiger partial charge in [-0.15, -0.1) is 0 Å². The summed E-state index contributed by atoms with van der Waals surface area (Å²) >= 11 is 0. The van der Waals surface area contributed by atoms with E-state index in [9.17, 15) is 9.59 Å². The number of hydrogen-bond acceptors (Lipinski definition) is 3. The minimum Gasteiger partial charge on any atom is -0.342 e. The molecule has 2 saturated heterocycles. The predicted octanol–water partition coefficient (Wildman–Crippen LogP) is 3.74. The molecule has 0 aromatic heterocycles. The molecule has 3 fully saturated rings. The Morgan fingerprint density at radius 3 is 1.96 bits per heavy atom. The van der Waals surface area contributed by atoms with E-state index in [4.69, 9.17) is 0 Å². The highest BCUT2D eigenvalue weighted by Gasteiger charge is 2.40. The second-order valence-electron chi connectivity index (χ2n) is 8.33. The fourth-order valence-corrected chi connectivity index (χ4v) is 5.07. The van der Waals surface area contributed by atoms with Gasteiger partial charge in [-0.1, -0.05) is 13.8 Å². The van der Waals surface area contributed by atoms with Crippen molar-refractivity contribution in [2.24, 2.45) is 17.3 Å². The van der Waals surface area contributed by atoms with Crippen molar-refractivity contribution in [3.63, 3.8) is 0 Å². The molecule has 0 aromatic carbocycles.